The van der Waals surface area contributed by atoms with Crippen molar-refractivity contribution in [3.63, 3.8) is 0 Å². The molecule has 0 atom stereocenters. The van der Waals surface area contributed by atoms with Crippen LogP contribution in [0, 0.1) is 0 Å². The minimum atomic E-state index is -0.0835. The van der Waals surface area contributed by atoms with E-state index in [0.29, 0.717) is 11.5 Å². The number of nitrogens with one attached hydrogen (secondary N) is 2. The number of amides is 1. The van der Waals surface area contributed by atoms with Gasteiger partial charge >= 0.3 is 0 Å². The summed E-state index contributed by atoms with van der Waals surface area (Å²) in [6, 6.07) is 16.2. The SMILES string of the molecule is O=C(Nc1ccc2[nH]nc(C3CCN(C4CCCC4)CC3)c2c1)c1ccccc1. The number of aromatic amines is 1. The maximum absolute atomic E-state index is 12.5. The molecule has 1 saturated carbocycles. The normalized spacial score (nSPS) is 19.0. The fourth-order valence-electron chi connectivity index (χ4n) is 5.02. The van der Waals surface area contributed by atoms with Crippen molar-refractivity contribution in [1.82, 2.24) is 15.1 Å². The van der Waals surface area contributed by atoms with E-state index in [1.54, 1.807) is 0 Å². The number of nitrogens with zero attached hydrogens (tertiary/aromatic N) is 2. The topological polar surface area (TPSA) is 61.0 Å². The van der Waals surface area contributed by atoms with E-state index in [1.165, 1.54) is 38.8 Å². The minimum absolute atomic E-state index is 0.0835. The van der Waals surface area contributed by atoms with Crippen LogP contribution >= 0.6 is 0 Å². The molecule has 29 heavy (non-hydrogen) atoms. The Bertz CT molecular complexity index is 983. The Labute approximate surface area is 171 Å². The van der Waals surface area contributed by atoms with Crippen LogP contribution in [0.25, 0.3) is 10.9 Å². The Hall–Kier alpha value is -2.66. The van der Waals surface area contributed by atoms with Gasteiger partial charge in [-0.15, -0.1) is 0 Å². The molecule has 5 nitrogen and oxygen atoms in total. The molecule has 2 aliphatic rings. The van der Waals surface area contributed by atoms with Crippen LogP contribution in [-0.4, -0.2) is 40.1 Å². The van der Waals surface area contributed by atoms with Gasteiger partial charge in [-0.05, 0) is 69.1 Å². The van der Waals surface area contributed by atoms with Crippen molar-refractivity contribution >= 4 is 22.5 Å². The third kappa shape index (κ3) is 3.79. The summed E-state index contributed by atoms with van der Waals surface area (Å²) in [4.78, 5) is 15.2. The number of anilines is 1. The molecule has 0 radical (unpaired) electrons. The van der Waals surface area contributed by atoms with Gasteiger partial charge in [0.2, 0.25) is 0 Å². The monoisotopic (exact) mass is 388 g/mol. The first kappa shape index (κ1) is 18.4. The van der Waals surface area contributed by atoms with Crippen LogP contribution in [0.4, 0.5) is 5.69 Å². The summed E-state index contributed by atoms with van der Waals surface area (Å²) in [6.07, 6.45) is 7.87. The fraction of sp³-hybridized carbons (Fsp3) is 0.417. The molecule has 0 bridgehead atoms. The zero-order valence-electron chi connectivity index (χ0n) is 16.7. The molecule has 2 heterocycles. The van der Waals surface area contributed by atoms with Gasteiger partial charge in [0.1, 0.15) is 0 Å². The van der Waals surface area contributed by atoms with E-state index < -0.39 is 0 Å². The molecule has 150 valence electrons. The lowest BCUT2D eigenvalue weighted by Gasteiger charge is -2.35. The second-order valence-corrected chi connectivity index (χ2v) is 8.44. The zero-order valence-corrected chi connectivity index (χ0v) is 16.7. The van der Waals surface area contributed by atoms with E-state index in [2.05, 4.69) is 26.5 Å². The summed E-state index contributed by atoms with van der Waals surface area (Å²) in [5, 5.41) is 12.0. The number of rotatable bonds is 4. The molecule has 2 fully saturated rings. The Morgan fingerprint density at radius 2 is 1.76 bits per heavy atom. The van der Waals surface area contributed by atoms with Gasteiger partial charge in [-0.1, -0.05) is 31.0 Å². The van der Waals surface area contributed by atoms with Crippen molar-refractivity contribution in [2.45, 2.75) is 50.5 Å². The lowest BCUT2D eigenvalue weighted by Crippen LogP contribution is -2.39. The van der Waals surface area contributed by atoms with Crippen LogP contribution in [0.2, 0.25) is 0 Å². The van der Waals surface area contributed by atoms with Crippen molar-refractivity contribution in [1.29, 1.82) is 0 Å². The molecule has 1 saturated heterocycles. The Morgan fingerprint density at radius 1 is 1.00 bits per heavy atom. The molecular weight excluding hydrogens is 360 g/mol. The average molecular weight is 389 g/mol. The molecule has 2 aromatic carbocycles. The lowest BCUT2D eigenvalue weighted by molar-refractivity contribution is 0.102. The van der Waals surface area contributed by atoms with Gasteiger partial charge in [-0.2, -0.15) is 5.10 Å². The lowest BCUT2D eigenvalue weighted by atomic mass is 9.90. The molecule has 0 unspecified atom stereocenters. The number of benzene rings is 2. The van der Waals surface area contributed by atoms with Gasteiger partial charge in [0.15, 0.2) is 0 Å². The van der Waals surface area contributed by atoms with E-state index in [0.717, 1.165) is 41.2 Å². The molecule has 5 heteroatoms. The predicted octanol–water partition coefficient (Wildman–Crippen LogP) is 4.94. The Kier molecular flexibility index (Phi) is 5.06. The molecule has 1 aromatic heterocycles. The van der Waals surface area contributed by atoms with E-state index >= 15 is 0 Å². The highest BCUT2D eigenvalue weighted by molar-refractivity contribution is 6.05. The Balaban J connectivity index is 1.31. The van der Waals surface area contributed by atoms with Crippen LogP contribution in [0.15, 0.2) is 48.5 Å². The van der Waals surface area contributed by atoms with Crippen LogP contribution in [-0.2, 0) is 0 Å². The van der Waals surface area contributed by atoms with Crippen molar-refractivity contribution in [3.8, 4) is 0 Å². The maximum atomic E-state index is 12.5. The summed E-state index contributed by atoms with van der Waals surface area (Å²) in [5.41, 5.74) is 3.68. The number of carbonyl (C=O) groups excluding carboxylic acids is 1. The number of likely N-dealkylation sites (tertiary alicyclic amines) is 1. The first-order valence-corrected chi connectivity index (χ1v) is 10.9. The second-order valence-electron chi connectivity index (χ2n) is 8.44. The van der Waals surface area contributed by atoms with Crippen molar-refractivity contribution < 1.29 is 4.79 Å². The van der Waals surface area contributed by atoms with Gasteiger partial charge in [0, 0.05) is 28.6 Å². The number of hydrogen-bond acceptors (Lipinski definition) is 3. The van der Waals surface area contributed by atoms with Crippen LogP contribution in [0.1, 0.15) is 60.5 Å². The molecule has 0 spiro atoms. The molecule has 3 aromatic rings. The zero-order chi connectivity index (χ0) is 19.6. The number of fused-ring (bicyclic) bond motifs is 1. The predicted molar refractivity (Wildman–Crippen MR) is 116 cm³/mol. The largest absolute Gasteiger partial charge is 0.322 e. The van der Waals surface area contributed by atoms with Gasteiger partial charge < -0.3 is 10.2 Å². The molecule has 2 N–H and O–H groups in total. The summed E-state index contributed by atoms with van der Waals surface area (Å²) in [6.45, 7) is 2.35. The van der Waals surface area contributed by atoms with E-state index in [4.69, 9.17) is 0 Å². The molecule has 5 rings (SSSR count). The van der Waals surface area contributed by atoms with Crippen molar-refractivity contribution in [2.75, 3.05) is 18.4 Å². The van der Waals surface area contributed by atoms with Crippen LogP contribution in [0.3, 0.4) is 0 Å². The average Bonchev–Trinajstić information content (AvgIpc) is 3.45. The maximum Gasteiger partial charge on any atom is 0.255 e. The van der Waals surface area contributed by atoms with Crippen molar-refractivity contribution in [3.05, 3.63) is 59.8 Å². The number of hydrogen-bond donors (Lipinski definition) is 2. The highest BCUT2D eigenvalue weighted by Gasteiger charge is 2.29. The minimum Gasteiger partial charge on any atom is -0.322 e. The van der Waals surface area contributed by atoms with E-state index in [-0.39, 0.29) is 5.91 Å². The third-order valence-corrected chi connectivity index (χ3v) is 6.64. The highest BCUT2D eigenvalue weighted by atomic mass is 16.1. The molecule has 1 aliphatic heterocycles. The fourth-order valence-corrected chi connectivity index (χ4v) is 5.02. The molecule has 1 aliphatic carbocycles. The molecule has 1 amide bonds. The summed E-state index contributed by atoms with van der Waals surface area (Å²) in [7, 11) is 0. The summed E-state index contributed by atoms with van der Waals surface area (Å²) in [5.74, 6) is 0.404. The van der Waals surface area contributed by atoms with Crippen molar-refractivity contribution in [2.24, 2.45) is 0 Å². The van der Waals surface area contributed by atoms with Gasteiger partial charge in [-0.3, -0.25) is 9.89 Å². The standard InChI is InChI=1S/C24H28N4O/c29-24(18-6-2-1-3-7-18)25-19-10-11-22-21(16-19)23(27-26-22)17-12-14-28(15-13-17)20-8-4-5-9-20/h1-3,6-7,10-11,16-17,20H,4-5,8-9,12-15H2,(H,25,29)(H,26,27). The third-order valence-electron chi connectivity index (χ3n) is 6.64. The number of piperidine rings is 1. The Morgan fingerprint density at radius 3 is 2.52 bits per heavy atom. The quantitative estimate of drug-likeness (QED) is 0.666. The number of aromatic nitrogens is 2. The first-order valence-electron chi connectivity index (χ1n) is 10.9. The number of H-pyrrole nitrogens is 1. The summed E-state index contributed by atoms with van der Waals surface area (Å²) >= 11 is 0. The highest BCUT2D eigenvalue weighted by Crippen LogP contribution is 2.35. The van der Waals surface area contributed by atoms with Crippen LogP contribution < -0.4 is 5.32 Å². The van der Waals surface area contributed by atoms with E-state index in [9.17, 15) is 4.79 Å². The smallest absolute Gasteiger partial charge is 0.255 e. The molecular formula is C24H28N4O. The van der Waals surface area contributed by atoms with E-state index in [1.807, 2.05) is 42.5 Å². The number of carbonyl (C=O) groups is 1. The van der Waals surface area contributed by atoms with Crippen LogP contribution in [0.5, 0.6) is 0 Å². The van der Waals surface area contributed by atoms with Gasteiger partial charge in [-0.25, -0.2) is 0 Å². The first-order chi connectivity index (χ1) is 14.3. The summed E-state index contributed by atoms with van der Waals surface area (Å²) < 4.78 is 0. The van der Waals surface area contributed by atoms with Gasteiger partial charge in [0.05, 0.1) is 11.2 Å². The van der Waals surface area contributed by atoms with Gasteiger partial charge in [0.25, 0.3) is 5.91 Å². The second kappa shape index (κ2) is 7.99.